The van der Waals surface area contributed by atoms with Crippen molar-refractivity contribution in [1.82, 2.24) is 4.98 Å². The van der Waals surface area contributed by atoms with Crippen LogP contribution in [-0.4, -0.2) is 16.1 Å². The fourth-order valence-corrected chi connectivity index (χ4v) is 2.04. The molecule has 1 heterocycles. The summed E-state index contributed by atoms with van der Waals surface area (Å²) in [6.07, 6.45) is 1.43. The molecule has 4 nitrogen and oxygen atoms in total. The first-order valence-electron chi connectivity index (χ1n) is 6.76. The Balaban J connectivity index is 2.40. The second-order valence-corrected chi connectivity index (χ2v) is 6.03. The van der Waals surface area contributed by atoms with Gasteiger partial charge in [0.2, 0.25) is 0 Å². The number of rotatable bonds is 3. The summed E-state index contributed by atoms with van der Waals surface area (Å²) in [5, 5.41) is 8.98. The van der Waals surface area contributed by atoms with E-state index in [1.807, 2.05) is 19.1 Å². The van der Waals surface area contributed by atoms with E-state index in [9.17, 15) is 4.79 Å². The number of hydrogen-bond donors (Lipinski definition) is 1. The number of carboxylic acids is 1. The van der Waals surface area contributed by atoms with E-state index in [0.29, 0.717) is 5.75 Å². The number of aromatic carboxylic acids is 1. The molecular formula is C17H19NO3. The number of aryl methyl sites for hydroxylation is 1. The zero-order valence-electron chi connectivity index (χ0n) is 12.7. The van der Waals surface area contributed by atoms with Gasteiger partial charge in [0.25, 0.3) is 0 Å². The molecular weight excluding hydrogens is 266 g/mol. The van der Waals surface area contributed by atoms with E-state index in [4.69, 9.17) is 9.84 Å². The van der Waals surface area contributed by atoms with E-state index in [-0.39, 0.29) is 11.1 Å². The summed E-state index contributed by atoms with van der Waals surface area (Å²) in [7, 11) is 0. The molecule has 0 bridgehead atoms. The molecule has 0 saturated carbocycles. The lowest BCUT2D eigenvalue weighted by molar-refractivity contribution is 0.0690. The van der Waals surface area contributed by atoms with E-state index in [1.54, 1.807) is 6.07 Å². The van der Waals surface area contributed by atoms with Crippen LogP contribution in [0.2, 0.25) is 0 Å². The van der Waals surface area contributed by atoms with Gasteiger partial charge in [-0.1, -0.05) is 38.5 Å². The number of aromatic nitrogens is 1. The summed E-state index contributed by atoms with van der Waals surface area (Å²) in [6.45, 7) is 8.38. The van der Waals surface area contributed by atoms with Gasteiger partial charge in [-0.25, -0.2) is 9.78 Å². The molecule has 1 aromatic heterocycles. The summed E-state index contributed by atoms with van der Waals surface area (Å²) in [4.78, 5) is 14.7. The van der Waals surface area contributed by atoms with E-state index in [2.05, 4.69) is 31.8 Å². The van der Waals surface area contributed by atoms with Gasteiger partial charge in [0.15, 0.2) is 5.69 Å². The summed E-state index contributed by atoms with van der Waals surface area (Å²) >= 11 is 0. The molecule has 0 fully saturated rings. The first-order valence-corrected chi connectivity index (χ1v) is 6.76. The van der Waals surface area contributed by atoms with Crippen molar-refractivity contribution in [3.05, 3.63) is 53.3 Å². The van der Waals surface area contributed by atoms with E-state index in [0.717, 1.165) is 16.9 Å². The van der Waals surface area contributed by atoms with Crippen molar-refractivity contribution in [3.8, 4) is 11.5 Å². The van der Waals surface area contributed by atoms with Gasteiger partial charge >= 0.3 is 5.97 Å². The molecule has 1 aromatic carbocycles. The summed E-state index contributed by atoms with van der Waals surface area (Å²) in [5.74, 6) is 0.132. The lowest BCUT2D eigenvalue weighted by atomic mass is 9.85. The van der Waals surface area contributed by atoms with Crippen molar-refractivity contribution in [2.75, 3.05) is 0 Å². The molecule has 0 aliphatic rings. The topological polar surface area (TPSA) is 59.4 Å². The number of nitrogens with zero attached hydrogens (tertiary/aromatic N) is 1. The molecule has 1 N–H and O–H groups in total. The Morgan fingerprint density at radius 2 is 1.90 bits per heavy atom. The van der Waals surface area contributed by atoms with Crippen molar-refractivity contribution in [1.29, 1.82) is 0 Å². The van der Waals surface area contributed by atoms with Gasteiger partial charge in [0.05, 0.1) is 0 Å². The fraction of sp³-hybridized carbons (Fsp3) is 0.294. The van der Waals surface area contributed by atoms with Gasteiger partial charge < -0.3 is 9.84 Å². The monoisotopic (exact) mass is 285 g/mol. The van der Waals surface area contributed by atoms with Gasteiger partial charge in [0.1, 0.15) is 11.5 Å². The minimum atomic E-state index is -1.07. The molecule has 0 aliphatic carbocycles. The zero-order chi connectivity index (χ0) is 15.6. The zero-order valence-corrected chi connectivity index (χ0v) is 12.7. The SMILES string of the molecule is Cc1ccc(Oc2ccnc(C(=O)O)c2)c(C(C)(C)C)c1. The molecule has 0 aliphatic heterocycles. The average Bonchev–Trinajstić information content (AvgIpc) is 2.40. The van der Waals surface area contributed by atoms with Crippen LogP contribution < -0.4 is 4.74 Å². The van der Waals surface area contributed by atoms with Crippen LogP contribution in [0.25, 0.3) is 0 Å². The van der Waals surface area contributed by atoms with Gasteiger partial charge in [0, 0.05) is 17.8 Å². The molecule has 0 saturated heterocycles. The number of carbonyl (C=O) groups is 1. The predicted octanol–water partition coefficient (Wildman–Crippen LogP) is 4.18. The largest absolute Gasteiger partial charge is 0.477 e. The maximum atomic E-state index is 11.0. The molecule has 2 rings (SSSR count). The lowest BCUT2D eigenvalue weighted by Gasteiger charge is -2.23. The minimum absolute atomic E-state index is 0.0306. The summed E-state index contributed by atoms with van der Waals surface area (Å²) in [5.41, 5.74) is 2.14. The van der Waals surface area contributed by atoms with E-state index >= 15 is 0 Å². The number of benzene rings is 1. The first kappa shape index (κ1) is 15.0. The number of pyridine rings is 1. The summed E-state index contributed by atoms with van der Waals surface area (Å²) < 4.78 is 5.88. The van der Waals surface area contributed by atoms with Crippen LogP contribution in [0.1, 0.15) is 42.4 Å². The number of hydrogen-bond acceptors (Lipinski definition) is 3. The molecule has 0 radical (unpaired) electrons. The van der Waals surface area contributed by atoms with Crippen molar-refractivity contribution >= 4 is 5.97 Å². The highest BCUT2D eigenvalue weighted by Gasteiger charge is 2.19. The Morgan fingerprint density at radius 1 is 1.19 bits per heavy atom. The van der Waals surface area contributed by atoms with Crippen LogP contribution in [0.3, 0.4) is 0 Å². The Morgan fingerprint density at radius 3 is 2.52 bits per heavy atom. The van der Waals surface area contributed by atoms with Crippen LogP contribution in [0, 0.1) is 6.92 Å². The van der Waals surface area contributed by atoms with Crippen LogP contribution in [-0.2, 0) is 5.41 Å². The van der Waals surface area contributed by atoms with Crippen molar-refractivity contribution in [2.45, 2.75) is 33.1 Å². The van der Waals surface area contributed by atoms with Crippen molar-refractivity contribution < 1.29 is 14.6 Å². The highest BCUT2D eigenvalue weighted by atomic mass is 16.5. The van der Waals surface area contributed by atoms with E-state index < -0.39 is 5.97 Å². The third-order valence-electron chi connectivity index (χ3n) is 3.12. The van der Waals surface area contributed by atoms with Crippen molar-refractivity contribution in [3.63, 3.8) is 0 Å². The molecule has 0 amide bonds. The Bertz CT molecular complexity index is 672. The molecule has 21 heavy (non-hydrogen) atoms. The van der Waals surface area contributed by atoms with Crippen LogP contribution >= 0.6 is 0 Å². The molecule has 4 heteroatoms. The highest BCUT2D eigenvalue weighted by Crippen LogP contribution is 2.34. The Hall–Kier alpha value is -2.36. The minimum Gasteiger partial charge on any atom is -0.477 e. The number of carboxylic acid groups (broad SMARTS) is 1. The molecule has 0 spiro atoms. The average molecular weight is 285 g/mol. The summed E-state index contributed by atoms with van der Waals surface area (Å²) in [6, 6.07) is 9.06. The highest BCUT2D eigenvalue weighted by molar-refractivity contribution is 5.85. The quantitative estimate of drug-likeness (QED) is 0.919. The van der Waals surface area contributed by atoms with Crippen LogP contribution in [0.4, 0.5) is 0 Å². The standard InChI is InChI=1S/C17H19NO3/c1-11-5-6-15(13(9-11)17(2,3)4)21-12-7-8-18-14(10-12)16(19)20/h5-10H,1-4H3,(H,19,20). The molecule has 110 valence electrons. The number of ether oxygens (including phenoxy) is 1. The third kappa shape index (κ3) is 3.60. The van der Waals surface area contributed by atoms with Gasteiger partial charge in [-0.05, 0) is 24.5 Å². The molecule has 0 atom stereocenters. The third-order valence-corrected chi connectivity index (χ3v) is 3.12. The van der Waals surface area contributed by atoms with Crippen molar-refractivity contribution in [2.24, 2.45) is 0 Å². The van der Waals surface area contributed by atoms with Gasteiger partial charge in [-0.15, -0.1) is 0 Å². The second-order valence-electron chi connectivity index (χ2n) is 6.03. The van der Waals surface area contributed by atoms with E-state index in [1.165, 1.54) is 12.3 Å². The molecule has 0 unspecified atom stereocenters. The van der Waals surface area contributed by atoms with Crippen LogP contribution in [0.15, 0.2) is 36.5 Å². The van der Waals surface area contributed by atoms with Gasteiger partial charge in [-0.2, -0.15) is 0 Å². The maximum Gasteiger partial charge on any atom is 0.354 e. The fourth-order valence-electron chi connectivity index (χ4n) is 2.04. The lowest BCUT2D eigenvalue weighted by Crippen LogP contribution is -2.13. The maximum absolute atomic E-state index is 11.0. The predicted molar refractivity (Wildman–Crippen MR) is 81.1 cm³/mol. The second kappa shape index (κ2) is 5.56. The van der Waals surface area contributed by atoms with Gasteiger partial charge in [-0.3, -0.25) is 0 Å². The first-order chi connectivity index (χ1) is 9.77. The van der Waals surface area contributed by atoms with Crippen LogP contribution in [0.5, 0.6) is 11.5 Å². The molecule has 2 aromatic rings. The smallest absolute Gasteiger partial charge is 0.354 e. The Kier molecular flexibility index (Phi) is 3.98. The normalized spacial score (nSPS) is 11.2. The Labute approximate surface area is 124 Å².